The molecule has 0 saturated carbocycles. The number of aliphatic hydroxyl groups is 1. The molecular weight excluding hydrogens is 268 g/mol. The number of aryl methyl sites for hydroxylation is 1. The summed E-state index contributed by atoms with van der Waals surface area (Å²) < 4.78 is 34.4. The highest BCUT2D eigenvalue weighted by Gasteiger charge is 2.45. The van der Waals surface area contributed by atoms with Gasteiger partial charge in [0.2, 0.25) is 5.79 Å². The van der Waals surface area contributed by atoms with Gasteiger partial charge in [-0.15, -0.1) is 0 Å². The van der Waals surface area contributed by atoms with Crippen molar-refractivity contribution in [3.05, 3.63) is 35.4 Å². The standard InChI is InChI=1S/C13H18O5S/c1-10-3-5-11(6-4-10)13(9-19(2,15)16)17-8-12(7-14)18-13/h3-6,12,14H,7-9H2,1-2H3/t12-,13-/m1/s1. The van der Waals surface area contributed by atoms with Crippen molar-refractivity contribution in [2.45, 2.75) is 18.8 Å². The lowest BCUT2D eigenvalue weighted by Gasteiger charge is -2.27. The summed E-state index contributed by atoms with van der Waals surface area (Å²) in [6, 6.07) is 7.33. The fourth-order valence-corrected chi connectivity index (χ4v) is 3.13. The molecule has 1 heterocycles. The van der Waals surface area contributed by atoms with Crippen molar-refractivity contribution < 1.29 is 23.0 Å². The van der Waals surface area contributed by atoms with Gasteiger partial charge in [-0.3, -0.25) is 0 Å². The van der Waals surface area contributed by atoms with Crippen LogP contribution in [0.5, 0.6) is 0 Å². The molecule has 2 atom stereocenters. The number of rotatable bonds is 4. The zero-order valence-corrected chi connectivity index (χ0v) is 11.8. The average Bonchev–Trinajstić information content (AvgIpc) is 2.72. The van der Waals surface area contributed by atoms with Crippen LogP contribution in [0, 0.1) is 6.92 Å². The van der Waals surface area contributed by atoms with E-state index in [0.717, 1.165) is 11.8 Å². The van der Waals surface area contributed by atoms with E-state index in [-0.39, 0.29) is 19.0 Å². The van der Waals surface area contributed by atoms with Gasteiger partial charge in [-0.25, -0.2) is 8.42 Å². The van der Waals surface area contributed by atoms with Gasteiger partial charge in [0.05, 0.1) is 13.2 Å². The molecule has 19 heavy (non-hydrogen) atoms. The molecule has 0 unspecified atom stereocenters. The molecule has 5 nitrogen and oxygen atoms in total. The Morgan fingerprint density at radius 2 is 2.00 bits per heavy atom. The number of aliphatic hydroxyl groups excluding tert-OH is 1. The molecule has 6 heteroatoms. The van der Waals surface area contributed by atoms with Crippen LogP contribution in [0.15, 0.2) is 24.3 Å². The fourth-order valence-electron chi connectivity index (χ4n) is 2.12. The fraction of sp³-hybridized carbons (Fsp3) is 0.538. The van der Waals surface area contributed by atoms with Crippen LogP contribution in [-0.4, -0.2) is 44.9 Å². The Morgan fingerprint density at radius 1 is 1.37 bits per heavy atom. The first kappa shape index (κ1) is 14.5. The SMILES string of the molecule is Cc1ccc([C@]2(CS(C)(=O)=O)OC[C@@H](CO)O2)cc1. The van der Waals surface area contributed by atoms with Gasteiger partial charge in [-0.2, -0.15) is 0 Å². The predicted molar refractivity (Wildman–Crippen MR) is 70.5 cm³/mol. The summed E-state index contributed by atoms with van der Waals surface area (Å²) in [5.74, 6) is -1.58. The van der Waals surface area contributed by atoms with Gasteiger partial charge in [0, 0.05) is 11.8 Å². The van der Waals surface area contributed by atoms with Crippen LogP contribution in [0.3, 0.4) is 0 Å². The van der Waals surface area contributed by atoms with E-state index < -0.39 is 21.7 Å². The summed E-state index contributed by atoms with van der Waals surface area (Å²) in [5, 5.41) is 9.13. The van der Waals surface area contributed by atoms with Crippen LogP contribution < -0.4 is 0 Å². The van der Waals surface area contributed by atoms with Crippen molar-refractivity contribution in [3.63, 3.8) is 0 Å². The molecule has 1 saturated heterocycles. The first-order valence-electron chi connectivity index (χ1n) is 6.02. The second-order valence-electron chi connectivity index (χ2n) is 4.92. The second kappa shape index (κ2) is 5.20. The smallest absolute Gasteiger partial charge is 0.209 e. The van der Waals surface area contributed by atoms with E-state index in [0.29, 0.717) is 5.56 Å². The Labute approximate surface area is 113 Å². The van der Waals surface area contributed by atoms with E-state index >= 15 is 0 Å². The van der Waals surface area contributed by atoms with Crippen LogP contribution >= 0.6 is 0 Å². The largest absolute Gasteiger partial charge is 0.394 e. The van der Waals surface area contributed by atoms with E-state index in [1.807, 2.05) is 19.1 Å². The molecule has 2 rings (SSSR count). The summed E-state index contributed by atoms with van der Waals surface area (Å²) in [5.41, 5.74) is 1.72. The highest BCUT2D eigenvalue weighted by atomic mass is 32.2. The molecule has 1 aromatic carbocycles. The van der Waals surface area contributed by atoms with E-state index in [1.54, 1.807) is 12.1 Å². The third-order valence-electron chi connectivity index (χ3n) is 3.01. The number of ether oxygens (including phenoxy) is 2. The summed E-state index contributed by atoms with van der Waals surface area (Å²) in [6.45, 7) is 1.93. The zero-order chi connectivity index (χ0) is 14.1. The lowest BCUT2D eigenvalue weighted by atomic mass is 10.1. The highest BCUT2D eigenvalue weighted by molar-refractivity contribution is 7.90. The maximum Gasteiger partial charge on any atom is 0.209 e. The van der Waals surface area contributed by atoms with Crippen LogP contribution in [0.2, 0.25) is 0 Å². The van der Waals surface area contributed by atoms with Crippen LogP contribution in [0.25, 0.3) is 0 Å². The van der Waals surface area contributed by atoms with Gasteiger partial charge in [0.15, 0.2) is 9.84 Å². The van der Waals surface area contributed by atoms with E-state index in [9.17, 15) is 8.42 Å². The second-order valence-corrected chi connectivity index (χ2v) is 7.06. The van der Waals surface area contributed by atoms with Crippen molar-refractivity contribution in [2.75, 3.05) is 25.2 Å². The van der Waals surface area contributed by atoms with Crippen molar-refractivity contribution in [3.8, 4) is 0 Å². The minimum atomic E-state index is -3.29. The minimum absolute atomic E-state index is 0.180. The monoisotopic (exact) mass is 286 g/mol. The molecule has 1 aliphatic rings. The van der Waals surface area contributed by atoms with Gasteiger partial charge in [-0.05, 0) is 6.92 Å². The van der Waals surface area contributed by atoms with Gasteiger partial charge in [0.25, 0.3) is 0 Å². The van der Waals surface area contributed by atoms with Gasteiger partial charge in [-0.1, -0.05) is 29.8 Å². The van der Waals surface area contributed by atoms with Crippen molar-refractivity contribution >= 4 is 9.84 Å². The van der Waals surface area contributed by atoms with Crippen LogP contribution in [0.4, 0.5) is 0 Å². The van der Waals surface area contributed by atoms with Gasteiger partial charge in [0.1, 0.15) is 11.9 Å². The van der Waals surface area contributed by atoms with Crippen LogP contribution in [0.1, 0.15) is 11.1 Å². The number of hydrogen-bond acceptors (Lipinski definition) is 5. The minimum Gasteiger partial charge on any atom is -0.394 e. The average molecular weight is 286 g/mol. The number of sulfone groups is 1. The summed E-state index contributed by atoms with van der Waals surface area (Å²) in [6.07, 6.45) is 0.644. The van der Waals surface area contributed by atoms with E-state index in [2.05, 4.69) is 0 Å². The Bertz CT molecular complexity index is 537. The molecule has 0 aliphatic carbocycles. The lowest BCUT2D eigenvalue weighted by Crippen LogP contribution is -2.36. The quantitative estimate of drug-likeness (QED) is 0.877. The maximum atomic E-state index is 11.6. The van der Waals surface area contributed by atoms with Crippen molar-refractivity contribution in [2.24, 2.45) is 0 Å². The summed E-state index contributed by atoms with van der Waals surface area (Å²) in [4.78, 5) is 0. The Balaban J connectivity index is 2.37. The van der Waals surface area contributed by atoms with E-state index in [4.69, 9.17) is 14.6 Å². The first-order valence-corrected chi connectivity index (χ1v) is 8.08. The maximum absolute atomic E-state index is 11.6. The van der Waals surface area contributed by atoms with Gasteiger partial charge < -0.3 is 14.6 Å². The molecule has 1 aromatic rings. The third-order valence-corrected chi connectivity index (χ3v) is 3.91. The third kappa shape index (κ3) is 3.33. The van der Waals surface area contributed by atoms with Gasteiger partial charge >= 0.3 is 0 Å². The number of benzene rings is 1. The molecule has 1 aliphatic heterocycles. The molecule has 106 valence electrons. The topological polar surface area (TPSA) is 72.8 Å². The number of hydrogen-bond donors (Lipinski definition) is 1. The first-order chi connectivity index (χ1) is 8.85. The Hall–Kier alpha value is -0.950. The molecular formula is C13H18O5S. The molecule has 1 N–H and O–H groups in total. The zero-order valence-electron chi connectivity index (χ0n) is 11.0. The molecule has 0 spiro atoms. The Morgan fingerprint density at radius 3 is 2.47 bits per heavy atom. The van der Waals surface area contributed by atoms with E-state index in [1.165, 1.54) is 0 Å². The molecule has 0 aromatic heterocycles. The summed E-state index contributed by atoms with van der Waals surface area (Å²) in [7, 11) is -3.29. The van der Waals surface area contributed by atoms with Crippen molar-refractivity contribution in [1.29, 1.82) is 0 Å². The Kier molecular flexibility index (Phi) is 3.96. The van der Waals surface area contributed by atoms with Crippen LogP contribution in [-0.2, 0) is 25.1 Å². The predicted octanol–water partition coefficient (Wildman–Crippen LogP) is 0.600. The lowest BCUT2D eigenvalue weighted by molar-refractivity contribution is -0.162. The molecule has 0 bridgehead atoms. The molecule has 1 fully saturated rings. The summed E-state index contributed by atoms with van der Waals surface area (Å²) >= 11 is 0. The highest BCUT2D eigenvalue weighted by Crippen LogP contribution is 2.35. The normalized spacial score (nSPS) is 27.6. The molecule has 0 radical (unpaired) electrons. The molecule has 0 amide bonds. The van der Waals surface area contributed by atoms with Crippen molar-refractivity contribution in [1.82, 2.24) is 0 Å².